The number of nitrogens with zero attached hydrogens (tertiary/aromatic N) is 2. The van der Waals surface area contributed by atoms with Crippen LogP contribution in [0.4, 0.5) is 0 Å². The highest BCUT2D eigenvalue weighted by atomic mass is 32.2. The minimum atomic E-state index is 0.594. The predicted molar refractivity (Wildman–Crippen MR) is 90.7 cm³/mol. The number of hydrogen-bond acceptors (Lipinski definition) is 4. The molecular weight excluding hydrogens is 278 g/mol. The predicted octanol–water partition coefficient (Wildman–Crippen LogP) is 4.44. The maximum Gasteiger partial charge on any atom is 0.115 e. The summed E-state index contributed by atoms with van der Waals surface area (Å²) < 4.78 is 0. The minimum Gasteiger partial charge on any atom is -0.316 e. The van der Waals surface area contributed by atoms with Gasteiger partial charge in [-0.1, -0.05) is 63.1 Å². The Morgan fingerprint density at radius 2 is 1.62 bits per heavy atom. The van der Waals surface area contributed by atoms with Gasteiger partial charge in [-0.05, 0) is 19.9 Å². The summed E-state index contributed by atoms with van der Waals surface area (Å²) in [5.74, 6) is 0. The van der Waals surface area contributed by atoms with Crippen molar-refractivity contribution < 1.29 is 0 Å². The van der Waals surface area contributed by atoms with Crippen molar-refractivity contribution in [1.82, 2.24) is 15.3 Å². The van der Waals surface area contributed by atoms with Crippen molar-refractivity contribution in [3.8, 4) is 0 Å². The van der Waals surface area contributed by atoms with Crippen LogP contribution in [0.2, 0.25) is 0 Å². The van der Waals surface area contributed by atoms with Gasteiger partial charge in [0, 0.05) is 23.7 Å². The molecule has 0 aliphatic heterocycles. The molecule has 0 radical (unpaired) electrons. The topological polar surface area (TPSA) is 37.8 Å². The van der Waals surface area contributed by atoms with E-state index in [2.05, 4.69) is 22.3 Å². The Labute approximate surface area is 133 Å². The lowest BCUT2D eigenvalue weighted by Gasteiger charge is -2.26. The van der Waals surface area contributed by atoms with E-state index in [0.29, 0.717) is 11.3 Å². The van der Waals surface area contributed by atoms with E-state index in [-0.39, 0.29) is 0 Å². The summed E-state index contributed by atoms with van der Waals surface area (Å²) in [7, 11) is 2.11. The molecule has 0 amide bonds. The maximum atomic E-state index is 4.44. The Bertz CT molecular complexity index is 372. The van der Waals surface area contributed by atoms with Crippen molar-refractivity contribution in [3.63, 3.8) is 0 Å². The summed E-state index contributed by atoms with van der Waals surface area (Å²) in [6, 6.07) is 0.594. The molecule has 0 spiro atoms. The largest absolute Gasteiger partial charge is 0.316 e. The summed E-state index contributed by atoms with van der Waals surface area (Å²) in [6.07, 6.45) is 19.2. The minimum absolute atomic E-state index is 0.594. The van der Waals surface area contributed by atoms with Gasteiger partial charge < -0.3 is 5.32 Å². The van der Waals surface area contributed by atoms with Crippen LogP contribution >= 0.6 is 11.8 Å². The Kier molecular flexibility index (Phi) is 8.12. The molecule has 118 valence electrons. The summed E-state index contributed by atoms with van der Waals surface area (Å²) >= 11 is 1.91. The third-order valence-corrected chi connectivity index (χ3v) is 5.70. The van der Waals surface area contributed by atoms with Gasteiger partial charge in [0.2, 0.25) is 0 Å². The smallest absolute Gasteiger partial charge is 0.115 e. The molecule has 1 aromatic rings. The average molecular weight is 308 g/mol. The van der Waals surface area contributed by atoms with Crippen molar-refractivity contribution in [2.24, 2.45) is 0 Å². The lowest BCUT2D eigenvalue weighted by atomic mass is 9.97. The van der Waals surface area contributed by atoms with Crippen LogP contribution in [0.1, 0.15) is 64.2 Å². The molecule has 2 unspecified atom stereocenters. The number of thioether (sulfide) groups is 1. The van der Waals surface area contributed by atoms with Crippen LogP contribution in [0.25, 0.3) is 0 Å². The van der Waals surface area contributed by atoms with Gasteiger partial charge in [-0.15, -0.1) is 0 Å². The molecule has 1 saturated carbocycles. The Morgan fingerprint density at radius 3 is 2.24 bits per heavy atom. The van der Waals surface area contributed by atoms with E-state index in [9.17, 15) is 0 Å². The first-order chi connectivity index (χ1) is 10.4. The van der Waals surface area contributed by atoms with Gasteiger partial charge >= 0.3 is 0 Å². The quantitative estimate of drug-likeness (QED) is 0.896. The number of rotatable bonds is 3. The van der Waals surface area contributed by atoms with Crippen LogP contribution in [0.5, 0.6) is 0 Å². The molecule has 0 bridgehead atoms. The van der Waals surface area contributed by atoms with Crippen LogP contribution < -0.4 is 5.32 Å². The lowest BCUT2D eigenvalue weighted by Crippen LogP contribution is -2.35. The van der Waals surface area contributed by atoms with Gasteiger partial charge in [-0.2, -0.15) is 0 Å². The zero-order valence-corrected chi connectivity index (χ0v) is 14.1. The van der Waals surface area contributed by atoms with E-state index in [1.54, 1.807) is 12.4 Å². The number of hydrogen-bond donors (Lipinski definition) is 1. The first-order valence-electron chi connectivity index (χ1n) is 8.50. The third-order valence-electron chi connectivity index (χ3n) is 4.38. The van der Waals surface area contributed by atoms with E-state index >= 15 is 0 Å². The van der Waals surface area contributed by atoms with Crippen molar-refractivity contribution >= 4 is 11.8 Å². The summed E-state index contributed by atoms with van der Waals surface area (Å²) in [5.41, 5.74) is 0. The standard InChI is InChI=1S/C17H29N3S/c1-18-15-10-8-6-4-2-3-5-7-9-11-16(15)21-17-14-19-12-13-20-17/h12-16,18H,2-11H2,1H3. The second kappa shape index (κ2) is 10.2. The van der Waals surface area contributed by atoms with Gasteiger partial charge in [0.25, 0.3) is 0 Å². The Hall–Kier alpha value is -0.610. The molecule has 2 rings (SSSR count). The van der Waals surface area contributed by atoms with Crippen molar-refractivity contribution in [2.75, 3.05) is 7.05 Å². The zero-order valence-electron chi connectivity index (χ0n) is 13.3. The molecule has 21 heavy (non-hydrogen) atoms. The molecule has 0 aromatic carbocycles. The van der Waals surface area contributed by atoms with Crippen LogP contribution in [-0.4, -0.2) is 28.3 Å². The third kappa shape index (κ3) is 6.35. The fourth-order valence-corrected chi connectivity index (χ4v) is 4.40. The fourth-order valence-electron chi connectivity index (χ4n) is 3.13. The highest BCUT2D eigenvalue weighted by Gasteiger charge is 2.21. The molecule has 1 heterocycles. The van der Waals surface area contributed by atoms with E-state index in [4.69, 9.17) is 0 Å². The SMILES string of the molecule is CNC1CCCCCCCCCCC1Sc1cnccn1. The summed E-state index contributed by atoms with van der Waals surface area (Å²) in [6.45, 7) is 0. The first kappa shape index (κ1) is 16.8. The Morgan fingerprint density at radius 1 is 0.952 bits per heavy atom. The van der Waals surface area contributed by atoms with Crippen molar-refractivity contribution in [2.45, 2.75) is 80.5 Å². The van der Waals surface area contributed by atoms with Gasteiger partial charge in [-0.3, -0.25) is 4.98 Å². The van der Waals surface area contributed by atoms with Crippen LogP contribution in [0.15, 0.2) is 23.6 Å². The normalized spacial score (nSPS) is 25.8. The van der Waals surface area contributed by atoms with Gasteiger partial charge in [0.1, 0.15) is 5.03 Å². The average Bonchev–Trinajstić information content (AvgIpc) is 2.51. The summed E-state index contributed by atoms with van der Waals surface area (Å²) in [5, 5.41) is 5.24. The van der Waals surface area contributed by atoms with E-state index < -0.39 is 0 Å². The first-order valence-corrected chi connectivity index (χ1v) is 9.38. The maximum absolute atomic E-state index is 4.44. The van der Waals surface area contributed by atoms with E-state index in [0.717, 1.165) is 5.03 Å². The monoisotopic (exact) mass is 307 g/mol. The fraction of sp³-hybridized carbons (Fsp3) is 0.765. The van der Waals surface area contributed by atoms with Gasteiger partial charge in [0.05, 0.1) is 6.20 Å². The lowest BCUT2D eigenvalue weighted by molar-refractivity contribution is 0.434. The van der Waals surface area contributed by atoms with E-state index in [1.165, 1.54) is 64.2 Å². The number of aromatic nitrogens is 2. The van der Waals surface area contributed by atoms with Crippen molar-refractivity contribution in [3.05, 3.63) is 18.6 Å². The molecule has 0 saturated heterocycles. The zero-order chi connectivity index (χ0) is 14.8. The molecule has 4 heteroatoms. The molecule has 2 atom stereocenters. The van der Waals surface area contributed by atoms with Gasteiger partial charge in [-0.25, -0.2) is 4.98 Å². The van der Waals surface area contributed by atoms with Crippen molar-refractivity contribution in [1.29, 1.82) is 0 Å². The highest BCUT2D eigenvalue weighted by Crippen LogP contribution is 2.30. The Balaban J connectivity index is 1.96. The van der Waals surface area contributed by atoms with Crippen LogP contribution in [-0.2, 0) is 0 Å². The molecular formula is C17H29N3S. The van der Waals surface area contributed by atoms with Crippen LogP contribution in [0, 0.1) is 0 Å². The van der Waals surface area contributed by atoms with Gasteiger partial charge in [0.15, 0.2) is 0 Å². The van der Waals surface area contributed by atoms with E-state index in [1.807, 2.05) is 18.0 Å². The molecule has 1 aromatic heterocycles. The molecule has 3 nitrogen and oxygen atoms in total. The highest BCUT2D eigenvalue weighted by molar-refractivity contribution is 7.99. The number of nitrogens with one attached hydrogen (secondary N) is 1. The summed E-state index contributed by atoms with van der Waals surface area (Å²) in [4.78, 5) is 8.64. The van der Waals surface area contributed by atoms with Crippen LogP contribution in [0.3, 0.4) is 0 Å². The molecule has 1 fully saturated rings. The molecule has 1 aliphatic carbocycles. The second-order valence-corrected chi connectivity index (χ2v) is 7.26. The molecule has 1 aliphatic rings. The molecule has 1 N–H and O–H groups in total. The second-order valence-electron chi connectivity index (χ2n) is 6.00.